The number of pyridine rings is 1. The highest BCUT2D eigenvalue weighted by atomic mass is 35.5. The molecule has 1 aromatic heterocycles. The number of hydrogen-bond donors (Lipinski definition) is 3. The largest absolute Gasteiger partial charge is 0.465 e. The van der Waals surface area contributed by atoms with Crippen molar-refractivity contribution in [1.82, 2.24) is 15.0 Å². The molecule has 0 radical (unpaired) electrons. The third kappa shape index (κ3) is 6.54. The molecule has 1 heterocycles. The van der Waals surface area contributed by atoms with E-state index in [1.54, 1.807) is 6.92 Å². The van der Waals surface area contributed by atoms with E-state index in [1.807, 2.05) is 0 Å². The van der Waals surface area contributed by atoms with E-state index in [9.17, 15) is 28.4 Å². The van der Waals surface area contributed by atoms with Crippen molar-refractivity contribution in [3.05, 3.63) is 57.5 Å². The minimum Gasteiger partial charge on any atom is -0.465 e. The number of nitrogens with two attached hydrogens (primary N) is 1. The number of carbonyl (C=O) groups is 4. The maximum absolute atomic E-state index is 12.9. The van der Waals surface area contributed by atoms with Crippen LogP contribution < -0.4 is 22.0 Å². The van der Waals surface area contributed by atoms with Gasteiger partial charge in [-0.1, -0.05) is 11.6 Å². The molecule has 0 aliphatic rings. The minimum atomic E-state index is -1.47. The van der Waals surface area contributed by atoms with Gasteiger partial charge in [0.15, 0.2) is 6.67 Å². The summed E-state index contributed by atoms with van der Waals surface area (Å²) in [4.78, 5) is 61.4. The fourth-order valence-electron chi connectivity index (χ4n) is 2.72. The first-order valence-electron chi connectivity index (χ1n) is 9.99. The summed E-state index contributed by atoms with van der Waals surface area (Å²) < 4.78 is 18.6. The van der Waals surface area contributed by atoms with Crippen LogP contribution in [-0.2, 0) is 19.1 Å². The number of benzene rings is 1. The Kier molecular flexibility index (Phi) is 9.13. The molecule has 4 N–H and O–H groups in total. The van der Waals surface area contributed by atoms with Gasteiger partial charge < -0.3 is 20.4 Å². The fraction of sp³-hybridized carbons (Fsp3) is 0.286. The molecule has 0 bridgehead atoms. The van der Waals surface area contributed by atoms with Crippen LogP contribution in [0.15, 0.2) is 41.3 Å². The molecule has 0 spiro atoms. The maximum atomic E-state index is 12.9. The lowest BCUT2D eigenvalue weighted by Gasteiger charge is -2.24. The number of aromatic nitrogens is 1. The van der Waals surface area contributed by atoms with Gasteiger partial charge in [0.1, 0.15) is 18.3 Å². The molecule has 0 saturated carbocycles. The van der Waals surface area contributed by atoms with Crippen molar-refractivity contribution in [3.8, 4) is 0 Å². The molecule has 0 unspecified atom stereocenters. The van der Waals surface area contributed by atoms with Crippen LogP contribution >= 0.6 is 11.6 Å². The van der Waals surface area contributed by atoms with Crippen LogP contribution in [0.2, 0.25) is 5.02 Å². The van der Waals surface area contributed by atoms with Gasteiger partial charge >= 0.3 is 5.97 Å². The molecule has 2 aromatic rings. The molecule has 182 valence electrons. The standard InChI is InChI=1S/C21H23ClFN5O6/c1-3-34-18(30)11-28(17(29)10-23)26-19(31)12(2)27-8-4-5-16(21(27)33)25-20(32)13-6-7-15(24)14(22)9-13/h4-9,12H,3,10-11,24H2,1-2H3,(H,25,32)(H,26,31)/t12-/m0/s1. The molecule has 1 atom stereocenters. The Bertz CT molecular complexity index is 1150. The highest BCUT2D eigenvalue weighted by molar-refractivity contribution is 6.33. The molecule has 0 saturated heterocycles. The number of nitrogens with one attached hydrogen (secondary N) is 2. The highest BCUT2D eigenvalue weighted by Crippen LogP contribution is 2.20. The van der Waals surface area contributed by atoms with Gasteiger partial charge in [-0.25, -0.2) is 9.40 Å². The Balaban J connectivity index is 2.20. The minimum absolute atomic E-state index is 0.0251. The Morgan fingerprint density at radius 1 is 1.26 bits per heavy atom. The number of rotatable bonds is 8. The summed E-state index contributed by atoms with van der Waals surface area (Å²) in [6.07, 6.45) is 1.29. The zero-order chi connectivity index (χ0) is 25.4. The third-order valence-corrected chi connectivity index (χ3v) is 4.86. The number of ether oxygens (including phenoxy) is 1. The number of halogens is 2. The van der Waals surface area contributed by atoms with Crippen LogP contribution in [0.25, 0.3) is 0 Å². The first-order chi connectivity index (χ1) is 16.1. The monoisotopic (exact) mass is 495 g/mol. The van der Waals surface area contributed by atoms with E-state index in [2.05, 4.69) is 10.7 Å². The van der Waals surface area contributed by atoms with Crippen LogP contribution in [0.5, 0.6) is 0 Å². The van der Waals surface area contributed by atoms with Gasteiger partial charge in [0.05, 0.1) is 17.3 Å². The molecule has 3 amide bonds. The number of nitrogens with zero attached hydrogens (tertiary/aromatic N) is 2. The van der Waals surface area contributed by atoms with Gasteiger partial charge in [0.2, 0.25) is 0 Å². The summed E-state index contributed by atoms with van der Waals surface area (Å²) >= 11 is 5.92. The summed E-state index contributed by atoms with van der Waals surface area (Å²) in [6, 6.07) is 5.75. The highest BCUT2D eigenvalue weighted by Gasteiger charge is 2.24. The molecule has 34 heavy (non-hydrogen) atoms. The average molecular weight is 496 g/mol. The molecule has 11 nitrogen and oxygen atoms in total. The Hall–Kier alpha value is -3.93. The second-order valence-electron chi connectivity index (χ2n) is 6.90. The number of amides is 3. The van der Waals surface area contributed by atoms with Gasteiger partial charge in [-0.15, -0.1) is 0 Å². The van der Waals surface area contributed by atoms with Gasteiger partial charge in [-0.3, -0.25) is 29.4 Å². The average Bonchev–Trinajstić information content (AvgIpc) is 2.80. The summed E-state index contributed by atoms with van der Waals surface area (Å²) in [5, 5.41) is 3.07. The summed E-state index contributed by atoms with van der Waals surface area (Å²) in [7, 11) is 0. The van der Waals surface area contributed by atoms with Crippen molar-refractivity contribution in [1.29, 1.82) is 0 Å². The molecule has 0 fully saturated rings. The number of esters is 1. The van der Waals surface area contributed by atoms with E-state index in [-0.39, 0.29) is 28.6 Å². The lowest BCUT2D eigenvalue weighted by Crippen LogP contribution is -2.51. The van der Waals surface area contributed by atoms with E-state index in [0.29, 0.717) is 5.01 Å². The first kappa shape index (κ1) is 26.3. The molecule has 2 rings (SSSR count). The predicted molar refractivity (Wildman–Crippen MR) is 122 cm³/mol. The molecular formula is C21H23ClFN5O6. The quantitative estimate of drug-likeness (QED) is 0.283. The van der Waals surface area contributed by atoms with Crippen molar-refractivity contribution in [2.24, 2.45) is 0 Å². The van der Waals surface area contributed by atoms with Gasteiger partial charge in [0.25, 0.3) is 23.3 Å². The van der Waals surface area contributed by atoms with Gasteiger partial charge in [0, 0.05) is 11.8 Å². The van der Waals surface area contributed by atoms with Crippen molar-refractivity contribution in [3.63, 3.8) is 0 Å². The topological polar surface area (TPSA) is 153 Å². The first-order valence-corrected chi connectivity index (χ1v) is 10.4. The number of carbonyl (C=O) groups excluding carboxylic acids is 4. The lowest BCUT2D eigenvalue weighted by atomic mass is 10.2. The van der Waals surface area contributed by atoms with E-state index >= 15 is 0 Å². The van der Waals surface area contributed by atoms with Crippen molar-refractivity contribution in [2.75, 3.05) is 30.9 Å². The zero-order valence-electron chi connectivity index (χ0n) is 18.3. The van der Waals surface area contributed by atoms with Crippen molar-refractivity contribution >= 4 is 46.7 Å². The van der Waals surface area contributed by atoms with Gasteiger partial charge in [-0.05, 0) is 44.2 Å². The number of nitrogen functional groups attached to an aromatic ring is 1. The fourth-order valence-corrected chi connectivity index (χ4v) is 2.90. The zero-order valence-corrected chi connectivity index (χ0v) is 19.1. The smallest absolute Gasteiger partial charge is 0.327 e. The van der Waals surface area contributed by atoms with E-state index < -0.39 is 48.5 Å². The summed E-state index contributed by atoms with van der Waals surface area (Å²) in [5.41, 5.74) is 7.30. The van der Waals surface area contributed by atoms with Crippen LogP contribution in [0.3, 0.4) is 0 Å². The lowest BCUT2D eigenvalue weighted by molar-refractivity contribution is -0.153. The van der Waals surface area contributed by atoms with Crippen LogP contribution in [-0.4, -0.2) is 53.1 Å². The molecule has 1 aromatic carbocycles. The predicted octanol–water partition coefficient (Wildman–Crippen LogP) is 1.29. The van der Waals surface area contributed by atoms with E-state index in [0.717, 1.165) is 4.57 Å². The Morgan fingerprint density at radius 3 is 2.59 bits per heavy atom. The summed E-state index contributed by atoms with van der Waals surface area (Å²) in [5.74, 6) is -3.56. The maximum Gasteiger partial charge on any atom is 0.327 e. The molecule has 13 heteroatoms. The van der Waals surface area contributed by atoms with Crippen LogP contribution in [0.1, 0.15) is 30.2 Å². The number of hydrogen-bond acceptors (Lipinski definition) is 7. The Morgan fingerprint density at radius 2 is 1.97 bits per heavy atom. The number of anilines is 2. The SMILES string of the molecule is CCOC(=O)CN(NC(=O)[C@H](C)n1cccc(NC(=O)c2ccc(N)c(Cl)c2)c1=O)C(=O)CF. The second kappa shape index (κ2) is 11.8. The summed E-state index contributed by atoms with van der Waals surface area (Å²) in [6.45, 7) is 0.719. The van der Waals surface area contributed by atoms with Crippen LogP contribution in [0, 0.1) is 0 Å². The van der Waals surface area contributed by atoms with Crippen molar-refractivity contribution in [2.45, 2.75) is 19.9 Å². The van der Waals surface area contributed by atoms with Crippen molar-refractivity contribution < 1.29 is 28.3 Å². The Labute approximate surface area is 198 Å². The normalized spacial score (nSPS) is 11.3. The number of alkyl halides is 1. The molecule has 0 aliphatic heterocycles. The number of hydrazine groups is 1. The van der Waals surface area contributed by atoms with E-state index in [1.165, 1.54) is 43.5 Å². The molecule has 0 aliphatic carbocycles. The second-order valence-corrected chi connectivity index (χ2v) is 7.30. The molecular weight excluding hydrogens is 473 g/mol. The van der Waals surface area contributed by atoms with E-state index in [4.69, 9.17) is 22.1 Å². The van der Waals surface area contributed by atoms with Gasteiger partial charge in [-0.2, -0.15) is 0 Å². The third-order valence-electron chi connectivity index (χ3n) is 4.54. The van der Waals surface area contributed by atoms with Crippen LogP contribution in [0.4, 0.5) is 15.8 Å².